The van der Waals surface area contributed by atoms with E-state index in [1.165, 1.54) is 0 Å². The number of hydrogen-bond acceptors (Lipinski definition) is 4. The Hall–Kier alpha value is -2.92. The van der Waals surface area contributed by atoms with E-state index in [0.717, 1.165) is 28.5 Å². The van der Waals surface area contributed by atoms with Crippen molar-refractivity contribution in [3.05, 3.63) is 72.1 Å². The first-order valence-electron chi connectivity index (χ1n) is 7.69. The summed E-state index contributed by atoms with van der Waals surface area (Å²) in [6, 6.07) is 18.5. The SMILES string of the molecule is COc1ccccc1NCc1ccc(CO)n1-c1ccc(O)cc1. The summed E-state index contributed by atoms with van der Waals surface area (Å²) in [4.78, 5) is 0. The number of phenolic OH excluding ortho intramolecular Hbond substituents is 1. The number of nitrogens with zero attached hydrogens (tertiary/aromatic N) is 1. The predicted molar refractivity (Wildman–Crippen MR) is 93.7 cm³/mol. The van der Waals surface area contributed by atoms with Crippen molar-refractivity contribution in [3.8, 4) is 17.2 Å². The molecule has 2 aromatic carbocycles. The maximum absolute atomic E-state index is 9.60. The minimum Gasteiger partial charge on any atom is -0.508 e. The van der Waals surface area contributed by atoms with Crippen LogP contribution in [0.25, 0.3) is 5.69 Å². The van der Waals surface area contributed by atoms with Crippen LogP contribution in [0, 0.1) is 0 Å². The Morgan fingerprint density at radius 1 is 0.958 bits per heavy atom. The zero-order chi connectivity index (χ0) is 16.9. The summed E-state index contributed by atoms with van der Waals surface area (Å²) < 4.78 is 7.33. The highest BCUT2D eigenvalue weighted by atomic mass is 16.5. The van der Waals surface area contributed by atoms with Crippen LogP contribution in [0.15, 0.2) is 60.7 Å². The Balaban J connectivity index is 1.89. The van der Waals surface area contributed by atoms with E-state index in [9.17, 15) is 10.2 Å². The summed E-state index contributed by atoms with van der Waals surface area (Å²) >= 11 is 0. The zero-order valence-electron chi connectivity index (χ0n) is 13.4. The molecule has 124 valence electrons. The molecule has 1 aromatic heterocycles. The third-order valence-electron chi connectivity index (χ3n) is 3.88. The van der Waals surface area contributed by atoms with Crippen LogP contribution < -0.4 is 10.1 Å². The molecule has 3 aromatic rings. The van der Waals surface area contributed by atoms with E-state index in [2.05, 4.69) is 5.32 Å². The second-order valence-corrected chi connectivity index (χ2v) is 5.38. The quantitative estimate of drug-likeness (QED) is 0.651. The Kier molecular flexibility index (Phi) is 4.72. The van der Waals surface area contributed by atoms with Gasteiger partial charge in [-0.1, -0.05) is 12.1 Å². The number of ether oxygens (including phenoxy) is 1. The third kappa shape index (κ3) is 3.21. The van der Waals surface area contributed by atoms with Crippen molar-refractivity contribution in [2.45, 2.75) is 13.2 Å². The normalized spacial score (nSPS) is 10.6. The monoisotopic (exact) mass is 324 g/mol. The lowest BCUT2D eigenvalue weighted by Gasteiger charge is -2.15. The van der Waals surface area contributed by atoms with Crippen LogP contribution in [0.5, 0.6) is 11.5 Å². The van der Waals surface area contributed by atoms with Crippen molar-refractivity contribution in [3.63, 3.8) is 0 Å². The number of phenols is 1. The molecule has 5 heteroatoms. The molecule has 3 rings (SSSR count). The maximum atomic E-state index is 9.60. The molecule has 0 spiro atoms. The number of anilines is 1. The van der Waals surface area contributed by atoms with Gasteiger partial charge in [0, 0.05) is 17.1 Å². The average Bonchev–Trinajstić information content (AvgIpc) is 3.04. The average molecular weight is 324 g/mol. The van der Waals surface area contributed by atoms with Gasteiger partial charge >= 0.3 is 0 Å². The predicted octanol–water partition coefficient (Wildman–Crippen LogP) is 3.30. The molecule has 0 bridgehead atoms. The van der Waals surface area contributed by atoms with Gasteiger partial charge in [-0.15, -0.1) is 0 Å². The van der Waals surface area contributed by atoms with Gasteiger partial charge in [-0.25, -0.2) is 0 Å². The zero-order valence-corrected chi connectivity index (χ0v) is 13.4. The fraction of sp³-hybridized carbons (Fsp3) is 0.158. The van der Waals surface area contributed by atoms with Gasteiger partial charge in [0.1, 0.15) is 11.5 Å². The van der Waals surface area contributed by atoms with Gasteiger partial charge in [0.05, 0.1) is 25.9 Å². The minimum atomic E-state index is -0.0600. The Morgan fingerprint density at radius 3 is 2.38 bits per heavy atom. The summed E-state index contributed by atoms with van der Waals surface area (Å²) in [7, 11) is 1.64. The number of aliphatic hydroxyl groups excluding tert-OH is 1. The topological polar surface area (TPSA) is 66.6 Å². The van der Waals surface area contributed by atoms with Gasteiger partial charge in [-0.05, 0) is 48.5 Å². The number of benzene rings is 2. The summed E-state index contributed by atoms with van der Waals surface area (Å²) in [5.41, 5.74) is 3.58. The van der Waals surface area contributed by atoms with Crippen molar-refractivity contribution >= 4 is 5.69 Å². The molecule has 0 aliphatic carbocycles. The summed E-state index contributed by atoms with van der Waals surface area (Å²) in [6.07, 6.45) is 0. The number of aromatic nitrogens is 1. The Bertz CT molecular complexity index is 810. The van der Waals surface area contributed by atoms with Gasteiger partial charge in [0.15, 0.2) is 0 Å². The fourth-order valence-corrected chi connectivity index (χ4v) is 2.70. The van der Waals surface area contributed by atoms with Crippen LogP contribution >= 0.6 is 0 Å². The van der Waals surface area contributed by atoms with Crippen LogP contribution in [-0.2, 0) is 13.2 Å². The van der Waals surface area contributed by atoms with Gasteiger partial charge in [0.25, 0.3) is 0 Å². The third-order valence-corrected chi connectivity index (χ3v) is 3.88. The molecule has 0 aliphatic heterocycles. The lowest BCUT2D eigenvalue weighted by molar-refractivity contribution is 0.274. The largest absolute Gasteiger partial charge is 0.508 e. The number of aromatic hydroxyl groups is 1. The van der Waals surface area contributed by atoms with Crippen molar-refractivity contribution in [1.82, 2.24) is 4.57 Å². The van der Waals surface area contributed by atoms with Crippen molar-refractivity contribution < 1.29 is 14.9 Å². The first-order valence-corrected chi connectivity index (χ1v) is 7.69. The molecule has 1 heterocycles. The highest BCUT2D eigenvalue weighted by Crippen LogP contribution is 2.25. The summed E-state index contributed by atoms with van der Waals surface area (Å²) in [6.45, 7) is 0.511. The van der Waals surface area contributed by atoms with Gasteiger partial charge in [0.2, 0.25) is 0 Å². The smallest absolute Gasteiger partial charge is 0.141 e. The molecule has 0 unspecified atom stereocenters. The fourth-order valence-electron chi connectivity index (χ4n) is 2.70. The molecule has 0 fully saturated rings. The van der Waals surface area contributed by atoms with Crippen LogP contribution in [0.2, 0.25) is 0 Å². The minimum absolute atomic E-state index is 0.0600. The first-order chi connectivity index (χ1) is 11.7. The Morgan fingerprint density at radius 2 is 1.67 bits per heavy atom. The van der Waals surface area contributed by atoms with Gasteiger partial charge in [-0.3, -0.25) is 0 Å². The molecule has 0 saturated heterocycles. The summed E-state index contributed by atoms with van der Waals surface area (Å²) in [5, 5.41) is 22.4. The van der Waals surface area contributed by atoms with E-state index in [-0.39, 0.29) is 12.4 Å². The molecule has 3 N–H and O–H groups in total. The van der Waals surface area contributed by atoms with E-state index in [1.54, 1.807) is 19.2 Å². The molecule has 0 saturated carbocycles. The number of nitrogens with one attached hydrogen (secondary N) is 1. The molecular formula is C19H20N2O3. The van der Waals surface area contributed by atoms with E-state index < -0.39 is 0 Å². The number of hydrogen-bond donors (Lipinski definition) is 3. The van der Waals surface area contributed by atoms with Crippen LogP contribution in [0.3, 0.4) is 0 Å². The van der Waals surface area contributed by atoms with E-state index >= 15 is 0 Å². The van der Waals surface area contributed by atoms with E-state index in [1.807, 2.05) is 53.1 Å². The first kappa shape index (κ1) is 16.0. The standard InChI is InChI=1S/C19H20N2O3/c1-24-19-5-3-2-4-18(19)20-12-15-6-7-16(13-22)21(15)14-8-10-17(23)11-9-14/h2-11,20,22-23H,12-13H2,1H3. The second kappa shape index (κ2) is 7.10. The molecule has 0 radical (unpaired) electrons. The van der Waals surface area contributed by atoms with Gasteiger partial charge in [-0.2, -0.15) is 0 Å². The highest BCUT2D eigenvalue weighted by molar-refractivity contribution is 5.56. The number of rotatable bonds is 6. The van der Waals surface area contributed by atoms with E-state index in [4.69, 9.17) is 4.74 Å². The highest BCUT2D eigenvalue weighted by Gasteiger charge is 2.10. The summed E-state index contributed by atoms with van der Waals surface area (Å²) in [5.74, 6) is 0.993. The van der Waals surface area contributed by atoms with Crippen LogP contribution in [0.1, 0.15) is 11.4 Å². The second-order valence-electron chi connectivity index (χ2n) is 5.38. The van der Waals surface area contributed by atoms with E-state index in [0.29, 0.717) is 6.54 Å². The maximum Gasteiger partial charge on any atom is 0.141 e. The van der Waals surface area contributed by atoms with Crippen molar-refractivity contribution in [2.24, 2.45) is 0 Å². The van der Waals surface area contributed by atoms with Crippen LogP contribution in [0.4, 0.5) is 5.69 Å². The molecule has 5 nitrogen and oxygen atoms in total. The molecule has 0 atom stereocenters. The molecule has 0 amide bonds. The Labute approximate surface area is 140 Å². The molecular weight excluding hydrogens is 304 g/mol. The number of para-hydroxylation sites is 2. The number of methoxy groups -OCH3 is 1. The van der Waals surface area contributed by atoms with Crippen molar-refractivity contribution in [2.75, 3.05) is 12.4 Å². The lowest BCUT2D eigenvalue weighted by Crippen LogP contribution is -2.09. The van der Waals surface area contributed by atoms with Gasteiger partial charge < -0.3 is 24.8 Å². The number of aliphatic hydroxyl groups is 1. The van der Waals surface area contributed by atoms with Crippen molar-refractivity contribution in [1.29, 1.82) is 0 Å². The lowest BCUT2D eigenvalue weighted by atomic mass is 10.2. The van der Waals surface area contributed by atoms with Crippen LogP contribution in [-0.4, -0.2) is 21.9 Å². The molecule has 0 aliphatic rings. The molecule has 24 heavy (non-hydrogen) atoms.